The fourth-order valence-corrected chi connectivity index (χ4v) is 2.18. The molecule has 2 aromatic rings. The van der Waals surface area contributed by atoms with Gasteiger partial charge >= 0.3 is 0 Å². The summed E-state index contributed by atoms with van der Waals surface area (Å²) in [6.45, 7) is 2.88. The second-order valence-electron chi connectivity index (χ2n) is 4.99. The summed E-state index contributed by atoms with van der Waals surface area (Å²) < 4.78 is 0. The van der Waals surface area contributed by atoms with E-state index in [0.717, 1.165) is 29.7 Å². The van der Waals surface area contributed by atoms with Crippen molar-refractivity contribution in [1.82, 2.24) is 0 Å². The van der Waals surface area contributed by atoms with E-state index in [-0.39, 0.29) is 5.84 Å². The quantitative estimate of drug-likeness (QED) is 0.329. The van der Waals surface area contributed by atoms with E-state index in [0.29, 0.717) is 6.54 Å². The van der Waals surface area contributed by atoms with Gasteiger partial charge in [0.1, 0.15) is 0 Å². The molecule has 0 atom stereocenters. The lowest BCUT2D eigenvalue weighted by Crippen LogP contribution is -2.13. The molecule has 0 aliphatic rings. The highest BCUT2D eigenvalue weighted by Gasteiger charge is 2.01. The number of anilines is 1. The molecule has 2 rings (SSSR count). The summed E-state index contributed by atoms with van der Waals surface area (Å²) in [6.07, 6.45) is 2.27. The van der Waals surface area contributed by atoms with Gasteiger partial charge in [-0.1, -0.05) is 48.8 Å². The van der Waals surface area contributed by atoms with Gasteiger partial charge in [-0.2, -0.15) is 0 Å². The van der Waals surface area contributed by atoms with Crippen molar-refractivity contribution in [2.24, 2.45) is 10.9 Å². The smallest absolute Gasteiger partial charge is 0.170 e. The second kappa shape index (κ2) is 7.33. The zero-order valence-electron chi connectivity index (χ0n) is 12.2. The number of hydrogen-bond donors (Lipinski definition) is 3. The van der Waals surface area contributed by atoms with Crippen LogP contribution in [0.4, 0.5) is 5.69 Å². The molecule has 21 heavy (non-hydrogen) atoms. The van der Waals surface area contributed by atoms with Gasteiger partial charge in [-0.25, -0.2) is 0 Å². The van der Waals surface area contributed by atoms with E-state index in [9.17, 15) is 0 Å². The fourth-order valence-electron chi connectivity index (χ4n) is 2.18. The summed E-state index contributed by atoms with van der Waals surface area (Å²) in [5, 5.41) is 15.1. The molecule has 0 bridgehead atoms. The number of aryl methyl sites for hydroxylation is 1. The number of rotatable bonds is 6. The molecular formula is C17H21N3O. The summed E-state index contributed by atoms with van der Waals surface area (Å²) in [7, 11) is 0. The third-order valence-corrected chi connectivity index (χ3v) is 3.32. The monoisotopic (exact) mass is 283 g/mol. The fraction of sp³-hybridized carbons (Fsp3) is 0.235. The van der Waals surface area contributed by atoms with E-state index in [1.807, 2.05) is 24.3 Å². The van der Waals surface area contributed by atoms with Crippen LogP contribution in [0.1, 0.15) is 30.0 Å². The normalized spacial score (nSPS) is 11.4. The maximum Gasteiger partial charge on any atom is 0.170 e. The van der Waals surface area contributed by atoms with Gasteiger partial charge in [0, 0.05) is 17.8 Å². The molecule has 4 N–H and O–H groups in total. The average molecular weight is 283 g/mol. The van der Waals surface area contributed by atoms with Crippen LogP contribution in [0.5, 0.6) is 0 Å². The van der Waals surface area contributed by atoms with Crippen molar-refractivity contribution in [2.45, 2.75) is 26.3 Å². The van der Waals surface area contributed by atoms with E-state index >= 15 is 0 Å². The number of amidine groups is 1. The van der Waals surface area contributed by atoms with Gasteiger partial charge in [-0.15, -0.1) is 0 Å². The molecule has 0 saturated carbocycles. The van der Waals surface area contributed by atoms with Gasteiger partial charge in [-0.3, -0.25) is 0 Å². The van der Waals surface area contributed by atoms with Crippen molar-refractivity contribution in [3.63, 3.8) is 0 Å². The molecule has 0 radical (unpaired) electrons. The third kappa shape index (κ3) is 4.24. The summed E-state index contributed by atoms with van der Waals surface area (Å²) in [6, 6.07) is 16.1. The Morgan fingerprint density at radius 2 is 1.90 bits per heavy atom. The molecule has 0 amide bonds. The topological polar surface area (TPSA) is 70.6 Å². The second-order valence-corrected chi connectivity index (χ2v) is 4.99. The van der Waals surface area contributed by atoms with Crippen LogP contribution in [0, 0.1) is 0 Å². The first kappa shape index (κ1) is 14.9. The third-order valence-electron chi connectivity index (χ3n) is 3.32. The van der Waals surface area contributed by atoms with E-state index in [4.69, 9.17) is 10.9 Å². The first-order valence-electron chi connectivity index (χ1n) is 7.12. The first-order valence-corrected chi connectivity index (χ1v) is 7.12. The summed E-state index contributed by atoms with van der Waals surface area (Å²) in [4.78, 5) is 0. The Morgan fingerprint density at radius 3 is 2.57 bits per heavy atom. The number of nitrogens with one attached hydrogen (secondary N) is 1. The van der Waals surface area contributed by atoms with Crippen LogP contribution >= 0.6 is 0 Å². The maximum atomic E-state index is 8.70. The first-order chi connectivity index (χ1) is 10.2. The molecule has 0 aliphatic heterocycles. The molecule has 0 unspecified atom stereocenters. The van der Waals surface area contributed by atoms with Gasteiger partial charge in [0.2, 0.25) is 0 Å². The Morgan fingerprint density at radius 1 is 1.14 bits per heavy atom. The van der Waals surface area contributed by atoms with Crippen molar-refractivity contribution >= 4 is 11.5 Å². The molecule has 110 valence electrons. The predicted octanol–water partition coefficient (Wildman–Crippen LogP) is 3.35. The van der Waals surface area contributed by atoms with Crippen molar-refractivity contribution in [1.29, 1.82) is 0 Å². The van der Waals surface area contributed by atoms with E-state index in [1.165, 1.54) is 5.56 Å². The highest BCUT2D eigenvalue weighted by atomic mass is 16.4. The van der Waals surface area contributed by atoms with Gasteiger partial charge < -0.3 is 16.3 Å². The maximum absolute atomic E-state index is 8.70. The van der Waals surface area contributed by atoms with E-state index < -0.39 is 0 Å². The Hall–Kier alpha value is -2.49. The molecule has 0 heterocycles. The van der Waals surface area contributed by atoms with Crippen molar-refractivity contribution in [3.05, 3.63) is 65.2 Å². The van der Waals surface area contributed by atoms with E-state index in [1.54, 1.807) is 0 Å². The molecule has 4 nitrogen and oxygen atoms in total. The predicted molar refractivity (Wildman–Crippen MR) is 86.7 cm³/mol. The van der Waals surface area contributed by atoms with Crippen molar-refractivity contribution in [2.75, 3.05) is 5.32 Å². The van der Waals surface area contributed by atoms with Gasteiger partial charge in [0.05, 0.1) is 0 Å². The lowest BCUT2D eigenvalue weighted by atomic mass is 10.1. The highest BCUT2D eigenvalue weighted by Crippen LogP contribution is 2.13. The molecule has 0 saturated heterocycles. The minimum absolute atomic E-state index is 0.126. The molecule has 0 aliphatic carbocycles. The largest absolute Gasteiger partial charge is 0.409 e. The van der Waals surface area contributed by atoms with E-state index in [2.05, 4.69) is 41.7 Å². The Bertz CT molecular complexity index is 606. The molecular weight excluding hydrogens is 262 g/mol. The average Bonchev–Trinajstić information content (AvgIpc) is 2.54. The Balaban J connectivity index is 1.99. The molecule has 2 aromatic carbocycles. The van der Waals surface area contributed by atoms with Crippen LogP contribution in [-0.4, -0.2) is 11.0 Å². The number of hydrogen-bond acceptors (Lipinski definition) is 3. The van der Waals surface area contributed by atoms with Gasteiger partial charge in [-0.05, 0) is 35.7 Å². The van der Waals surface area contributed by atoms with Crippen LogP contribution in [0.2, 0.25) is 0 Å². The number of nitrogens with two attached hydrogens (primary N) is 1. The summed E-state index contributed by atoms with van der Waals surface area (Å²) in [5.74, 6) is 0.126. The zero-order chi connectivity index (χ0) is 15.1. The summed E-state index contributed by atoms with van der Waals surface area (Å²) >= 11 is 0. The van der Waals surface area contributed by atoms with Crippen LogP contribution in [0.3, 0.4) is 0 Å². The number of oxime groups is 1. The van der Waals surface area contributed by atoms with Gasteiger partial charge in [0.15, 0.2) is 5.84 Å². The van der Waals surface area contributed by atoms with Gasteiger partial charge in [0.25, 0.3) is 0 Å². The van der Waals surface area contributed by atoms with Crippen LogP contribution in [0.25, 0.3) is 0 Å². The Labute approximate surface area is 125 Å². The highest BCUT2D eigenvalue weighted by molar-refractivity contribution is 5.97. The number of nitrogens with zero attached hydrogens (tertiary/aromatic N) is 1. The molecule has 0 spiro atoms. The van der Waals surface area contributed by atoms with Crippen LogP contribution < -0.4 is 11.1 Å². The molecule has 4 heteroatoms. The Kier molecular flexibility index (Phi) is 5.21. The lowest BCUT2D eigenvalue weighted by molar-refractivity contribution is 0.318. The summed E-state index contributed by atoms with van der Waals surface area (Å²) in [5.41, 5.74) is 9.84. The molecule has 0 fully saturated rings. The van der Waals surface area contributed by atoms with Crippen LogP contribution in [-0.2, 0) is 13.0 Å². The van der Waals surface area contributed by atoms with Crippen molar-refractivity contribution in [3.8, 4) is 0 Å². The SMILES string of the molecule is CCCc1ccc(NCc2cccc(C(N)=NO)c2)cc1. The lowest BCUT2D eigenvalue weighted by Gasteiger charge is -2.08. The molecule has 0 aromatic heterocycles. The van der Waals surface area contributed by atoms with Crippen molar-refractivity contribution < 1.29 is 5.21 Å². The minimum Gasteiger partial charge on any atom is -0.409 e. The standard InChI is InChI=1S/C17H21N3O/c1-2-4-13-7-9-16(10-8-13)19-12-14-5-3-6-15(11-14)17(18)20-21/h3,5-11,19,21H,2,4,12H2,1H3,(H2,18,20). The minimum atomic E-state index is 0.126. The number of benzene rings is 2. The zero-order valence-corrected chi connectivity index (χ0v) is 12.2. The van der Waals surface area contributed by atoms with Crippen LogP contribution in [0.15, 0.2) is 53.7 Å².